The van der Waals surface area contributed by atoms with Crippen molar-refractivity contribution in [2.45, 2.75) is 50.7 Å². The maximum Gasteiger partial charge on any atom is 0.391 e. The molecule has 0 spiro atoms. The minimum Gasteiger partial charge on any atom is -0.356 e. The van der Waals surface area contributed by atoms with Gasteiger partial charge in [-0.1, -0.05) is 18.6 Å². The Morgan fingerprint density at radius 1 is 1.28 bits per heavy atom. The summed E-state index contributed by atoms with van der Waals surface area (Å²) < 4.78 is 51.7. The van der Waals surface area contributed by atoms with Gasteiger partial charge in [0.2, 0.25) is 0 Å². The summed E-state index contributed by atoms with van der Waals surface area (Å²) in [5.41, 5.74) is 0.921. The number of guanidine groups is 1. The number of rotatable bonds is 5. The number of nitrogens with zero attached hydrogens (tertiary/aromatic N) is 1. The molecule has 1 aromatic rings. The molecule has 2 atom stereocenters. The van der Waals surface area contributed by atoms with Crippen molar-refractivity contribution in [3.05, 3.63) is 35.6 Å². The fraction of sp³-hybridized carbons (Fsp3) is 0.611. The Morgan fingerprint density at radius 2 is 2.08 bits per heavy atom. The summed E-state index contributed by atoms with van der Waals surface area (Å²) in [4.78, 5) is 4.08. The molecule has 2 unspecified atom stereocenters. The van der Waals surface area contributed by atoms with Gasteiger partial charge in [-0.25, -0.2) is 4.39 Å². The van der Waals surface area contributed by atoms with Gasteiger partial charge >= 0.3 is 6.18 Å². The molecule has 140 valence electrons. The SMILES string of the molecule is CN=C(NCCCc1cccc(F)c1)NC1CCCC(C(F)(F)F)C1. The minimum atomic E-state index is -4.12. The van der Waals surface area contributed by atoms with Crippen LogP contribution in [0.5, 0.6) is 0 Å². The highest BCUT2D eigenvalue weighted by Crippen LogP contribution is 2.37. The van der Waals surface area contributed by atoms with Gasteiger partial charge in [0.05, 0.1) is 5.92 Å². The number of hydrogen-bond donors (Lipinski definition) is 2. The summed E-state index contributed by atoms with van der Waals surface area (Å²) in [6.45, 7) is 0.617. The average Bonchev–Trinajstić information content (AvgIpc) is 2.57. The van der Waals surface area contributed by atoms with Crippen molar-refractivity contribution in [2.75, 3.05) is 13.6 Å². The number of aliphatic imine (C=N–C) groups is 1. The molecule has 0 amide bonds. The first-order chi connectivity index (χ1) is 11.9. The Bertz CT molecular complexity index is 572. The molecule has 0 heterocycles. The molecule has 0 bridgehead atoms. The van der Waals surface area contributed by atoms with Crippen LogP contribution in [0.15, 0.2) is 29.3 Å². The van der Waals surface area contributed by atoms with Gasteiger partial charge in [0.25, 0.3) is 0 Å². The highest BCUT2D eigenvalue weighted by atomic mass is 19.4. The molecule has 2 rings (SSSR count). The van der Waals surface area contributed by atoms with Crippen LogP contribution < -0.4 is 10.6 Å². The molecule has 3 nitrogen and oxygen atoms in total. The first-order valence-corrected chi connectivity index (χ1v) is 8.67. The third-order valence-corrected chi connectivity index (χ3v) is 4.53. The van der Waals surface area contributed by atoms with Gasteiger partial charge in [-0.15, -0.1) is 0 Å². The Morgan fingerprint density at radius 3 is 2.76 bits per heavy atom. The first-order valence-electron chi connectivity index (χ1n) is 8.67. The van der Waals surface area contributed by atoms with Gasteiger partial charge < -0.3 is 10.6 Å². The molecule has 0 aliphatic heterocycles. The molecular formula is C18H25F4N3. The zero-order chi connectivity index (χ0) is 18.3. The number of benzene rings is 1. The number of nitrogens with one attached hydrogen (secondary N) is 2. The van der Waals surface area contributed by atoms with Crippen LogP contribution in [0.1, 0.15) is 37.7 Å². The topological polar surface area (TPSA) is 36.4 Å². The average molecular weight is 359 g/mol. The standard InChI is InChI=1S/C18H25F4N3/c1-23-17(24-10-4-6-13-5-2-8-15(19)11-13)25-16-9-3-7-14(12-16)18(20,21)22/h2,5,8,11,14,16H,3-4,6-7,9-10,12H2,1H3,(H2,23,24,25). The minimum absolute atomic E-state index is 0.0908. The van der Waals surface area contributed by atoms with E-state index in [-0.39, 0.29) is 24.7 Å². The van der Waals surface area contributed by atoms with E-state index in [1.807, 2.05) is 6.07 Å². The normalized spacial score (nSPS) is 21.9. The second-order valence-corrected chi connectivity index (χ2v) is 6.48. The van der Waals surface area contributed by atoms with Gasteiger partial charge in [-0.3, -0.25) is 4.99 Å². The van der Waals surface area contributed by atoms with Crippen molar-refractivity contribution in [2.24, 2.45) is 10.9 Å². The van der Waals surface area contributed by atoms with Gasteiger partial charge in [0.15, 0.2) is 5.96 Å². The fourth-order valence-corrected chi connectivity index (χ4v) is 3.20. The Balaban J connectivity index is 1.73. The summed E-state index contributed by atoms with van der Waals surface area (Å²) in [5.74, 6) is -0.962. The Labute approximate surface area is 145 Å². The molecule has 1 fully saturated rings. The van der Waals surface area contributed by atoms with Crippen molar-refractivity contribution in [3.8, 4) is 0 Å². The van der Waals surface area contributed by atoms with Crippen LogP contribution in [0.4, 0.5) is 17.6 Å². The van der Waals surface area contributed by atoms with E-state index in [1.54, 1.807) is 13.1 Å². The third-order valence-electron chi connectivity index (χ3n) is 4.53. The summed E-state index contributed by atoms with van der Waals surface area (Å²) in [6, 6.07) is 6.25. The lowest BCUT2D eigenvalue weighted by molar-refractivity contribution is -0.183. The van der Waals surface area contributed by atoms with Crippen molar-refractivity contribution in [3.63, 3.8) is 0 Å². The largest absolute Gasteiger partial charge is 0.391 e. The lowest BCUT2D eigenvalue weighted by Gasteiger charge is -2.31. The third kappa shape index (κ3) is 6.55. The monoisotopic (exact) mass is 359 g/mol. The van der Waals surface area contributed by atoms with Gasteiger partial charge in [0, 0.05) is 19.6 Å². The molecule has 7 heteroatoms. The zero-order valence-corrected chi connectivity index (χ0v) is 14.4. The lowest BCUT2D eigenvalue weighted by atomic mass is 9.85. The van der Waals surface area contributed by atoms with E-state index in [2.05, 4.69) is 15.6 Å². The predicted octanol–water partition coefficient (Wildman–Crippen LogP) is 4.04. The van der Waals surface area contributed by atoms with E-state index < -0.39 is 12.1 Å². The quantitative estimate of drug-likeness (QED) is 0.360. The smallest absolute Gasteiger partial charge is 0.356 e. The molecule has 0 saturated heterocycles. The summed E-state index contributed by atoms with van der Waals surface area (Å²) in [7, 11) is 1.60. The van der Waals surface area contributed by atoms with E-state index in [1.165, 1.54) is 12.1 Å². The second-order valence-electron chi connectivity index (χ2n) is 6.48. The van der Waals surface area contributed by atoms with Crippen LogP contribution in [-0.4, -0.2) is 31.8 Å². The van der Waals surface area contributed by atoms with Crippen LogP contribution in [0.2, 0.25) is 0 Å². The maximum atomic E-state index is 13.1. The number of hydrogen-bond acceptors (Lipinski definition) is 1. The molecule has 1 aromatic carbocycles. The van der Waals surface area contributed by atoms with Crippen LogP contribution in [0.25, 0.3) is 0 Å². The molecule has 1 saturated carbocycles. The highest BCUT2D eigenvalue weighted by Gasteiger charge is 2.42. The number of aryl methyl sites for hydroxylation is 1. The molecule has 0 aromatic heterocycles. The Kier molecular flexibility index (Phi) is 7.08. The number of alkyl halides is 3. The highest BCUT2D eigenvalue weighted by molar-refractivity contribution is 5.79. The molecule has 25 heavy (non-hydrogen) atoms. The fourth-order valence-electron chi connectivity index (χ4n) is 3.20. The molecule has 2 N–H and O–H groups in total. The van der Waals surface area contributed by atoms with E-state index in [0.29, 0.717) is 18.9 Å². The van der Waals surface area contributed by atoms with Crippen molar-refractivity contribution >= 4 is 5.96 Å². The molecular weight excluding hydrogens is 334 g/mol. The zero-order valence-electron chi connectivity index (χ0n) is 14.4. The summed E-state index contributed by atoms with van der Waals surface area (Å²) >= 11 is 0. The summed E-state index contributed by atoms with van der Waals surface area (Å²) in [5, 5.41) is 6.21. The van der Waals surface area contributed by atoms with Gasteiger partial charge in [-0.2, -0.15) is 13.2 Å². The van der Waals surface area contributed by atoms with Crippen LogP contribution >= 0.6 is 0 Å². The van der Waals surface area contributed by atoms with Crippen LogP contribution in [-0.2, 0) is 6.42 Å². The van der Waals surface area contributed by atoms with E-state index in [0.717, 1.165) is 24.8 Å². The van der Waals surface area contributed by atoms with Gasteiger partial charge in [-0.05, 0) is 49.8 Å². The van der Waals surface area contributed by atoms with Crippen molar-refractivity contribution < 1.29 is 17.6 Å². The maximum absolute atomic E-state index is 13.1. The van der Waals surface area contributed by atoms with Crippen LogP contribution in [0, 0.1) is 11.7 Å². The predicted molar refractivity (Wildman–Crippen MR) is 91.0 cm³/mol. The Hall–Kier alpha value is -1.79. The summed E-state index contributed by atoms with van der Waals surface area (Å²) in [6.07, 6.45) is -1.03. The van der Waals surface area contributed by atoms with E-state index >= 15 is 0 Å². The van der Waals surface area contributed by atoms with Crippen molar-refractivity contribution in [1.82, 2.24) is 10.6 Å². The molecule has 1 aliphatic rings. The number of halogens is 4. The first kappa shape index (κ1) is 19.5. The molecule has 1 aliphatic carbocycles. The van der Waals surface area contributed by atoms with E-state index in [9.17, 15) is 17.6 Å². The lowest BCUT2D eigenvalue weighted by Crippen LogP contribution is -2.47. The van der Waals surface area contributed by atoms with Gasteiger partial charge in [0.1, 0.15) is 5.82 Å². The molecule has 0 radical (unpaired) electrons. The van der Waals surface area contributed by atoms with Crippen LogP contribution in [0.3, 0.4) is 0 Å². The second kappa shape index (κ2) is 9.06. The van der Waals surface area contributed by atoms with E-state index in [4.69, 9.17) is 0 Å². The van der Waals surface area contributed by atoms with Crippen molar-refractivity contribution in [1.29, 1.82) is 0 Å².